The zero-order valence-corrected chi connectivity index (χ0v) is 19.7. The van der Waals surface area contributed by atoms with E-state index in [-0.39, 0.29) is 29.6 Å². The van der Waals surface area contributed by atoms with Crippen LogP contribution in [0, 0.1) is 0 Å². The molecule has 9 heteroatoms. The van der Waals surface area contributed by atoms with E-state index in [1.54, 1.807) is 4.90 Å². The standard InChI is InChI=1S/C26H29N5O4/c32-22-6-5-21(24(33)28-22)30-14-18-17(25(30)34)3-4-19-23(18)35-15-26(19)7-10-29(11-8-26)13-16-12-27-31-9-1-2-20(16)31/h3-4,12,21H,1-2,5-11,13-15H2,(H,28,32,33). The fraction of sp³-hybridized carbons (Fsp3) is 0.538. The summed E-state index contributed by atoms with van der Waals surface area (Å²) in [6.07, 6.45) is 7.04. The van der Waals surface area contributed by atoms with Crippen molar-refractivity contribution in [2.75, 3.05) is 19.7 Å². The third-order valence-electron chi connectivity index (χ3n) is 8.76. The van der Waals surface area contributed by atoms with E-state index >= 15 is 0 Å². The molecule has 2 saturated heterocycles. The van der Waals surface area contributed by atoms with Crippen molar-refractivity contribution in [1.82, 2.24) is 24.9 Å². The summed E-state index contributed by atoms with van der Waals surface area (Å²) >= 11 is 0. The molecular formula is C26H29N5O4. The molecule has 0 saturated carbocycles. The van der Waals surface area contributed by atoms with Crippen molar-refractivity contribution in [3.05, 3.63) is 46.3 Å². The highest BCUT2D eigenvalue weighted by Crippen LogP contribution is 2.49. The number of amides is 3. The fourth-order valence-corrected chi connectivity index (χ4v) is 6.74. The number of ether oxygens (including phenoxy) is 1. The lowest BCUT2D eigenvalue weighted by Gasteiger charge is -2.38. The monoisotopic (exact) mass is 475 g/mol. The molecule has 1 aromatic carbocycles. The first-order chi connectivity index (χ1) is 17.0. The number of hydrogen-bond acceptors (Lipinski definition) is 6. The molecule has 2 aromatic rings. The summed E-state index contributed by atoms with van der Waals surface area (Å²) in [5, 5.41) is 6.92. The normalized spacial score (nSPS) is 25.0. The van der Waals surface area contributed by atoms with Crippen molar-refractivity contribution in [3.63, 3.8) is 0 Å². The molecule has 35 heavy (non-hydrogen) atoms. The van der Waals surface area contributed by atoms with Gasteiger partial charge in [-0.2, -0.15) is 5.10 Å². The molecule has 9 nitrogen and oxygen atoms in total. The summed E-state index contributed by atoms with van der Waals surface area (Å²) in [4.78, 5) is 41.3. The molecule has 3 amide bonds. The Bertz CT molecular complexity index is 1260. The highest BCUT2D eigenvalue weighted by molar-refractivity contribution is 6.05. The quantitative estimate of drug-likeness (QED) is 0.677. The van der Waals surface area contributed by atoms with Crippen molar-refractivity contribution in [1.29, 1.82) is 0 Å². The lowest BCUT2D eigenvalue weighted by Crippen LogP contribution is -2.52. The molecule has 7 rings (SSSR count). The molecule has 1 atom stereocenters. The van der Waals surface area contributed by atoms with Crippen LogP contribution in [0.2, 0.25) is 0 Å². The first-order valence-electron chi connectivity index (χ1n) is 12.7. The molecule has 1 N–H and O–H groups in total. The van der Waals surface area contributed by atoms with E-state index in [4.69, 9.17) is 4.74 Å². The van der Waals surface area contributed by atoms with Crippen LogP contribution in [-0.2, 0) is 41.1 Å². The number of likely N-dealkylation sites (tertiary alicyclic amines) is 1. The number of hydrogen-bond donors (Lipinski definition) is 1. The Morgan fingerprint density at radius 2 is 1.97 bits per heavy atom. The van der Waals surface area contributed by atoms with Crippen LogP contribution < -0.4 is 10.1 Å². The van der Waals surface area contributed by atoms with Crippen LogP contribution in [0.15, 0.2) is 18.3 Å². The number of rotatable bonds is 3. The minimum absolute atomic E-state index is 0.0209. The van der Waals surface area contributed by atoms with Crippen LogP contribution in [0.25, 0.3) is 0 Å². The minimum Gasteiger partial charge on any atom is -0.492 e. The van der Waals surface area contributed by atoms with E-state index in [9.17, 15) is 14.4 Å². The molecule has 182 valence electrons. The highest BCUT2D eigenvalue weighted by atomic mass is 16.5. The minimum atomic E-state index is -0.604. The summed E-state index contributed by atoms with van der Waals surface area (Å²) in [7, 11) is 0. The van der Waals surface area contributed by atoms with Gasteiger partial charge in [0, 0.05) is 52.9 Å². The Morgan fingerprint density at radius 3 is 2.80 bits per heavy atom. The maximum Gasteiger partial charge on any atom is 0.255 e. The second kappa shape index (κ2) is 7.65. The van der Waals surface area contributed by atoms with Gasteiger partial charge in [0.25, 0.3) is 5.91 Å². The molecule has 0 radical (unpaired) electrons. The average Bonchev–Trinajstić information content (AvgIpc) is 3.61. The Morgan fingerprint density at radius 1 is 1.11 bits per heavy atom. The first-order valence-corrected chi connectivity index (χ1v) is 12.7. The fourth-order valence-electron chi connectivity index (χ4n) is 6.74. The summed E-state index contributed by atoms with van der Waals surface area (Å²) in [5.74, 6) is 0.0394. The maximum atomic E-state index is 13.2. The number of carbonyl (C=O) groups is 3. The van der Waals surface area contributed by atoms with Crippen molar-refractivity contribution < 1.29 is 19.1 Å². The number of imide groups is 1. The topological polar surface area (TPSA) is 96.8 Å². The molecule has 6 heterocycles. The first kappa shape index (κ1) is 21.1. The van der Waals surface area contributed by atoms with Gasteiger partial charge in [-0.25, -0.2) is 0 Å². The number of benzene rings is 1. The summed E-state index contributed by atoms with van der Waals surface area (Å²) < 4.78 is 8.45. The van der Waals surface area contributed by atoms with E-state index in [0.29, 0.717) is 25.1 Å². The summed E-state index contributed by atoms with van der Waals surface area (Å²) in [5.41, 5.74) is 5.48. The second-order valence-electron chi connectivity index (χ2n) is 10.7. The van der Waals surface area contributed by atoms with Gasteiger partial charge in [0.2, 0.25) is 11.8 Å². The molecule has 0 bridgehead atoms. The van der Waals surface area contributed by atoms with Crippen LogP contribution in [0.4, 0.5) is 0 Å². The van der Waals surface area contributed by atoms with Crippen molar-refractivity contribution >= 4 is 17.7 Å². The number of fused-ring (bicyclic) bond motifs is 5. The predicted octanol–water partition coefficient (Wildman–Crippen LogP) is 1.52. The van der Waals surface area contributed by atoms with E-state index in [1.807, 2.05) is 12.3 Å². The Kier molecular flexibility index (Phi) is 4.61. The third kappa shape index (κ3) is 3.17. The van der Waals surface area contributed by atoms with Crippen LogP contribution in [0.1, 0.15) is 64.8 Å². The lowest BCUT2D eigenvalue weighted by atomic mass is 9.74. The largest absolute Gasteiger partial charge is 0.492 e. The third-order valence-corrected chi connectivity index (χ3v) is 8.76. The zero-order chi connectivity index (χ0) is 23.7. The van der Waals surface area contributed by atoms with Crippen LogP contribution in [0.3, 0.4) is 0 Å². The van der Waals surface area contributed by atoms with Gasteiger partial charge >= 0.3 is 0 Å². The van der Waals surface area contributed by atoms with Crippen molar-refractivity contribution in [2.24, 2.45) is 0 Å². The summed E-state index contributed by atoms with van der Waals surface area (Å²) in [6, 6.07) is 3.39. The molecule has 1 spiro atoms. The number of nitrogens with one attached hydrogen (secondary N) is 1. The number of piperidine rings is 2. The van der Waals surface area contributed by atoms with Crippen LogP contribution in [0.5, 0.6) is 5.75 Å². The van der Waals surface area contributed by atoms with E-state index in [2.05, 4.69) is 26.1 Å². The highest BCUT2D eigenvalue weighted by Gasteiger charge is 2.47. The lowest BCUT2D eigenvalue weighted by molar-refractivity contribution is -0.136. The van der Waals surface area contributed by atoms with Gasteiger partial charge in [0.15, 0.2) is 0 Å². The van der Waals surface area contributed by atoms with Gasteiger partial charge in [0.1, 0.15) is 11.8 Å². The molecular weight excluding hydrogens is 446 g/mol. The van der Waals surface area contributed by atoms with Crippen molar-refractivity contribution in [2.45, 2.75) is 69.6 Å². The molecule has 5 aliphatic heterocycles. The van der Waals surface area contributed by atoms with E-state index in [1.165, 1.54) is 23.2 Å². The van der Waals surface area contributed by atoms with Gasteiger partial charge in [-0.05, 0) is 51.3 Å². The Labute approximate surface area is 203 Å². The second-order valence-corrected chi connectivity index (χ2v) is 10.7. The molecule has 2 fully saturated rings. The van der Waals surface area contributed by atoms with Gasteiger partial charge in [0.05, 0.1) is 19.3 Å². The van der Waals surface area contributed by atoms with E-state index in [0.717, 1.165) is 56.8 Å². The van der Waals surface area contributed by atoms with Crippen LogP contribution in [-0.4, -0.2) is 63.0 Å². The number of nitrogens with zero attached hydrogens (tertiary/aromatic N) is 4. The zero-order valence-electron chi connectivity index (χ0n) is 19.7. The molecule has 1 aromatic heterocycles. The Balaban J connectivity index is 1.09. The molecule has 1 unspecified atom stereocenters. The molecule has 5 aliphatic rings. The van der Waals surface area contributed by atoms with Gasteiger partial charge in [-0.1, -0.05) is 6.07 Å². The SMILES string of the molecule is O=C1CCC(N2Cc3c(ccc4c3OCC43CCN(Cc4cnn5c4CCC5)CC3)C2=O)C(=O)N1. The molecule has 0 aliphatic carbocycles. The van der Waals surface area contributed by atoms with Gasteiger partial charge in [-0.15, -0.1) is 0 Å². The van der Waals surface area contributed by atoms with Gasteiger partial charge in [-0.3, -0.25) is 29.3 Å². The average molecular weight is 476 g/mol. The van der Waals surface area contributed by atoms with Crippen LogP contribution >= 0.6 is 0 Å². The maximum absolute atomic E-state index is 13.2. The number of aromatic nitrogens is 2. The number of aryl methyl sites for hydroxylation is 1. The van der Waals surface area contributed by atoms with Gasteiger partial charge < -0.3 is 9.64 Å². The summed E-state index contributed by atoms with van der Waals surface area (Å²) in [6.45, 7) is 5.01. The van der Waals surface area contributed by atoms with Crippen molar-refractivity contribution in [3.8, 4) is 5.75 Å². The smallest absolute Gasteiger partial charge is 0.255 e. The Hall–Kier alpha value is -3.20. The van der Waals surface area contributed by atoms with E-state index < -0.39 is 6.04 Å². The number of carbonyl (C=O) groups excluding carboxylic acids is 3. The predicted molar refractivity (Wildman–Crippen MR) is 125 cm³/mol.